The van der Waals surface area contributed by atoms with Crippen molar-refractivity contribution >= 4 is 23.2 Å². The lowest BCUT2D eigenvalue weighted by Crippen LogP contribution is -2.16. The maximum absolute atomic E-state index is 13.6. The van der Waals surface area contributed by atoms with Gasteiger partial charge in [0, 0.05) is 12.1 Å². The summed E-state index contributed by atoms with van der Waals surface area (Å²) in [4.78, 5) is 19.9. The minimum Gasteiger partial charge on any atom is -0.360 e. The molecule has 0 radical (unpaired) electrons. The molecule has 2 heterocycles. The van der Waals surface area contributed by atoms with Gasteiger partial charge in [-0.1, -0.05) is 11.2 Å². The number of aryl methyl sites for hydroxylation is 1. The Kier molecular flexibility index (Phi) is 4.15. The summed E-state index contributed by atoms with van der Waals surface area (Å²) in [6, 6.07) is 6.23. The third kappa shape index (κ3) is 3.35. The topological polar surface area (TPSA) is 92.9 Å². The van der Waals surface area contributed by atoms with Crippen LogP contribution in [0.1, 0.15) is 16.2 Å². The summed E-state index contributed by atoms with van der Waals surface area (Å²) in [6.45, 7) is 1.72. The van der Waals surface area contributed by atoms with Crippen molar-refractivity contribution < 1.29 is 18.1 Å². The van der Waals surface area contributed by atoms with E-state index < -0.39 is 23.2 Å². The Balaban J connectivity index is 1.79. The molecule has 3 rings (SSSR count). The molecule has 0 aliphatic heterocycles. The van der Waals surface area contributed by atoms with E-state index in [9.17, 15) is 13.6 Å². The number of carbonyl (C=O) groups excluding carboxylic acids is 1. The van der Waals surface area contributed by atoms with E-state index in [2.05, 4.69) is 25.8 Å². The second-order valence-corrected chi connectivity index (χ2v) is 4.79. The van der Waals surface area contributed by atoms with Crippen molar-refractivity contribution in [2.75, 3.05) is 10.6 Å². The molecular formula is C15H11F2N5O2. The normalized spacial score (nSPS) is 10.5. The minimum atomic E-state index is -0.881. The summed E-state index contributed by atoms with van der Waals surface area (Å²) in [5, 5.41) is 8.70. The van der Waals surface area contributed by atoms with Gasteiger partial charge in [0.05, 0.1) is 0 Å². The number of amides is 1. The molecule has 3 aromatic rings. The quantitative estimate of drug-likeness (QED) is 0.763. The number of aromatic nitrogens is 3. The van der Waals surface area contributed by atoms with Crippen molar-refractivity contribution in [3.8, 4) is 0 Å². The maximum Gasteiger partial charge on any atom is 0.274 e. The number of hydrogen-bond acceptors (Lipinski definition) is 6. The molecule has 0 bridgehead atoms. The SMILES string of the molecule is Cc1cc(Nc2cc(C(=O)Nc3c(F)cccc3F)ncn2)no1. The highest BCUT2D eigenvalue weighted by molar-refractivity contribution is 6.03. The van der Waals surface area contributed by atoms with Crippen LogP contribution in [-0.2, 0) is 0 Å². The average Bonchev–Trinajstić information content (AvgIpc) is 2.96. The molecular weight excluding hydrogens is 320 g/mol. The van der Waals surface area contributed by atoms with Gasteiger partial charge >= 0.3 is 0 Å². The maximum atomic E-state index is 13.6. The highest BCUT2D eigenvalue weighted by Crippen LogP contribution is 2.19. The summed E-state index contributed by atoms with van der Waals surface area (Å²) >= 11 is 0. The van der Waals surface area contributed by atoms with Crippen LogP contribution in [0, 0.1) is 18.6 Å². The second kappa shape index (κ2) is 6.41. The molecule has 2 aromatic heterocycles. The Hall–Kier alpha value is -3.36. The molecule has 9 heteroatoms. The smallest absolute Gasteiger partial charge is 0.274 e. The van der Waals surface area contributed by atoms with Crippen LogP contribution in [0.3, 0.4) is 0 Å². The van der Waals surface area contributed by atoms with Crippen molar-refractivity contribution in [1.82, 2.24) is 15.1 Å². The third-order valence-electron chi connectivity index (χ3n) is 2.99. The van der Waals surface area contributed by atoms with Gasteiger partial charge in [0.1, 0.15) is 40.9 Å². The van der Waals surface area contributed by atoms with E-state index in [0.717, 1.165) is 18.5 Å². The Morgan fingerprint density at radius 3 is 2.54 bits per heavy atom. The van der Waals surface area contributed by atoms with Crippen LogP contribution in [0.2, 0.25) is 0 Å². The molecule has 1 amide bonds. The summed E-state index contributed by atoms with van der Waals surface area (Å²) < 4.78 is 32.1. The lowest BCUT2D eigenvalue weighted by atomic mass is 10.2. The standard InChI is InChI=1S/C15H11F2N5O2/c1-8-5-13(22-24-8)20-12-6-11(18-7-19-12)15(23)21-14-9(16)3-2-4-10(14)17/h2-7H,1H3,(H,21,23)(H,18,19,20,22). The van der Waals surface area contributed by atoms with Crippen molar-refractivity contribution in [2.45, 2.75) is 6.92 Å². The van der Waals surface area contributed by atoms with E-state index in [0.29, 0.717) is 11.6 Å². The van der Waals surface area contributed by atoms with Crippen LogP contribution in [0.15, 0.2) is 41.2 Å². The average molecular weight is 331 g/mol. The lowest BCUT2D eigenvalue weighted by Gasteiger charge is -2.07. The Labute approximate surface area is 134 Å². The molecule has 0 fully saturated rings. The van der Waals surface area contributed by atoms with Gasteiger partial charge in [-0.05, 0) is 19.1 Å². The molecule has 0 saturated carbocycles. The number of rotatable bonds is 4. The summed E-state index contributed by atoms with van der Waals surface area (Å²) in [7, 11) is 0. The number of halogens is 2. The number of benzene rings is 1. The molecule has 0 spiro atoms. The molecule has 1 aromatic carbocycles. The van der Waals surface area contributed by atoms with E-state index in [1.54, 1.807) is 13.0 Å². The Morgan fingerprint density at radius 1 is 1.12 bits per heavy atom. The summed E-state index contributed by atoms with van der Waals surface area (Å²) in [5.41, 5.74) is -0.613. The van der Waals surface area contributed by atoms with E-state index in [1.807, 2.05) is 0 Å². The van der Waals surface area contributed by atoms with Gasteiger partial charge in [-0.25, -0.2) is 18.7 Å². The van der Waals surface area contributed by atoms with E-state index in [-0.39, 0.29) is 11.5 Å². The van der Waals surface area contributed by atoms with Crippen molar-refractivity contribution in [3.05, 3.63) is 59.7 Å². The van der Waals surface area contributed by atoms with E-state index >= 15 is 0 Å². The third-order valence-corrected chi connectivity index (χ3v) is 2.99. The first-order valence-electron chi connectivity index (χ1n) is 6.80. The predicted octanol–water partition coefficient (Wildman–Crippen LogP) is 3.05. The first-order chi connectivity index (χ1) is 11.5. The van der Waals surface area contributed by atoms with E-state index in [1.165, 1.54) is 12.1 Å². The minimum absolute atomic E-state index is 0.0737. The monoisotopic (exact) mass is 331 g/mol. The van der Waals surface area contributed by atoms with Crippen LogP contribution in [-0.4, -0.2) is 21.0 Å². The van der Waals surface area contributed by atoms with Gasteiger partial charge in [0.15, 0.2) is 5.82 Å². The molecule has 2 N–H and O–H groups in total. The zero-order chi connectivity index (χ0) is 17.1. The molecule has 122 valence electrons. The Morgan fingerprint density at radius 2 is 1.88 bits per heavy atom. The van der Waals surface area contributed by atoms with Crippen molar-refractivity contribution in [3.63, 3.8) is 0 Å². The van der Waals surface area contributed by atoms with Gasteiger partial charge in [0.2, 0.25) is 0 Å². The number of hydrogen-bond donors (Lipinski definition) is 2. The zero-order valence-corrected chi connectivity index (χ0v) is 12.4. The largest absolute Gasteiger partial charge is 0.360 e. The van der Waals surface area contributed by atoms with Gasteiger partial charge in [-0.2, -0.15) is 0 Å². The Bertz CT molecular complexity index is 877. The molecule has 0 saturated heterocycles. The predicted molar refractivity (Wildman–Crippen MR) is 80.9 cm³/mol. The highest BCUT2D eigenvalue weighted by Gasteiger charge is 2.15. The first-order valence-corrected chi connectivity index (χ1v) is 6.80. The van der Waals surface area contributed by atoms with Crippen LogP contribution >= 0.6 is 0 Å². The summed E-state index contributed by atoms with van der Waals surface area (Å²) in [6.07, 6.45) is 1.14. The van der Waals surface area contributed by atoms with E-state index in [4.69, 9.17) is 4.52 Å². The number of para-hydroxylation sites is 1. The molecule has 24 heavy (non-hydrogen) atoms. The van der Waals surface area contributed by atoms with Crippen LogP contribution in [0.4, 0.5) is 26.1 Å². The van der Waals surface area contributed by atoms with Gasteiger partial charge in [0.25, 0.3) is 5.91 Å². The van der Waals surface area contributed by atoms with Crippen molar-refractivity contribution in [1.29, 1.82) is 0 Å². The number of carbonyl (C=O) groups is 1. The number of nitrogens with one attached hydrogen (secondary N) is 2. The fourth-order valence-corrected chi connectivity index (χ4v) is 1.90. The van der Waals surface area contributed by atoms with Crippen LogP contribution in [0.25, 0.3) is 0 Å². The molecule has 0 aliphatic rings. The highest BCUT2D eigenvalue weighted by atomic mass is 19.1. The van der Waals surface area contributed by atoms with Gasteiger partial charge in [-0.3, -0.25) is 4.79 Å². The first kappa shape index (κ1) is 15.5. The van der Waals surface area contributed by atoms with Crippen LogP contribution in [0.5, 0.6) is 0 Å². The van der Waals surface area contributed by atoms with Crippen molar-refractivity contribution in [2.24, 2.45) is 0 Å². The second-order valence-electron chi connectivity index (χ2n) is 4.79. The van der Waals surface area contributed by atoms with Gasteiger partial charge in [-0.15, -0.1) is 0 Å². The number of nitrogens with zero attached hydrogens (tertiary/aromatic N) is 3. The molecule has 0 unspecified atom stereocenters. The van der Waals surface area contributed by atoms with Gasteiger partial charge < -0.3 is 15.2 Å². The van der Waals surface area contributed by atoms with Crippen LogP contribution < -0.4 is 10.6 Å². The molecule has 0 atom stereocenters. The molecule has 0 aliphatic carbocycles. The molecule has 7 nitrogen and oxygen atoms in total. The lowest BCUT2D eigenvalue weighted by molar-refractivity contribution is 0.102. The number of anilines is 3. The zero-order valence-electron chi connectivity index (χ0n) is 12.4. The fourth-order valence-electron chi connectivity index (χ4n) is 1.90. The fraction of sp³-hybridized carbons (Fsp3) is 0.0667. The summed E-state index contributed by atoms with van der Waals surface area (Å²) in [5.74, 6) is -1.27.